The second-order valence-corrected chi connectivity index (χ2v) is 3.68. The second kappa shape index (κ2) is 5.42. The minimum Gasteiger partial charge on any atom is -0.313 e. The van der Waals surface area contributed by atoms with E-state index in [1.165, 1.54) is 5.56 Å². The van der Waals surface area contributed by atoms with Crippen LogP contribution in [0.15, 0.2) is 36.9 Å². The van der Waals surface area contributed by atoms with Gasteiger partial charge in [-0.05, 0) is 25.1 Å². The molecule has 0 aliphatic rings. The smallest absolute Gasteiger partial charge is 0.0676 e. The van der Waals surface area contributed by atoms with Crippen molar-refractivity contribution in [3.8, 4) is 5.69 Å². The standard InChI is InChI=1S/C12H16N4/c1-2-5-14-8-11-9-15-16(10-11)12-3-6-13-7-4-12/h3-4,6-7,9-10,14H,2,5,8H2,1H3. The van der Waals surface area contributed by atoms with Crippen molar-refractivity contribution in [1.82, 2.24) is 20.1 Å². The van der Waals surface area contributed by atoms with Gasteiger partial charge in [0.15, 0.2) is 0 Å². The lowest BCUT2D eigenvalue weighted by Crippen LogP contribution is -2.13. The van der Waals surface area contributed by atoms with E-state index in [2.05, 4.69) is 22.3 Å². The van der Waals surface area contributed by atoms with Gasteiger partial charge in [-0.1, -0.05) is 6.92 Å². The Morgan fingerprint density at radius 3 is 2.88 bits per heavy atom. The molecule has 0 radical (unpaired) electrons. The molecule has 0 atom stereocenters. The summed E-state index contributed by atoms with van der Waals surface area (Å²) in [6, 6.07) is 3.88. The number of hydrogen-bond donors (Lipinski definition) is 1. The lowest BCUT2D eigenvalue weighted by Gasteiger charge is -2.00. The minimum absolute atomic E-state index is 0.874. The number of nitrogens with one attached hydrogen (secondary N) is 1. The van der Waals surface area contributed by atoms with Crippen molar-refractivity contribution in [1.29, 1.82) is 0 Å². The van der Waals surface area contributed by atoms with Crippen LogP contribution in [0.3, 0.4) is 0 Å². The fraction of sp³-hybridized carbons (Fsp3) is 0.333. The molecule has 0 spiro atoms. The lowest BCUT2D eigenvalue weighted by atomic mass is 10.3. The van der Waals surface area contributed by atoms with Gasteiger partial charge in [0.25, 0.3) is 0 Å². The predicted molar refractivity (Wildman–Crippen MR) is 63.4 cm³/mol. The maximum absolute atomic E-state index is 4.31. The number of pyridine rings is 1. The molecule has 0 aliphatic carbocycles. The SMILES string of the molecule is CCCNCc1cnn(-c2ccncc2)c1. The van der Waals surface area contributed by atoms with Crippen molar-refractivity contribution >= 4 is 0 Å². The molecular weight excluding hydrogens is 200 g/mol. The zero-order chi connectivity index (χ0) is 11.2. The number of nitrogens with zero attached hydrogens (tertiary/aromatic N) is 3. The molecule has 2 aromatic heterocycles. The summed E-state index contributed by atoms with van der Waals surface area (Å²) in [5.74, 6) is 0. The first kappa shape index (κ1) is 10.8. The van der Waals surface area contributed by atoms with Gasteiger partial charge in [-0.15, -0.1) is 0 Å². The summed E-state index contributed by atoms with van der Waals surface area (Å²) in [5.41, 5.74) is 2.24. The van der Waals surface area contributed by atoms with Crippen LogP contribution < -0.4 is 5.32 Å². The van der Waals surface area contributed by atoms with Crippen LogP contribution in [0.1, 0.15) is 18.9 Å². The Labute approximate surface area is 95.3 Å². The van der Waals surface area contributed by atoms with Gasteiger partial charge in [0.05, 0.1) is 11.9 Å². The molecule has 0 fully saturated rings. The van der Waals surface area contributed by atoms with Crippen LogP contribution in [0.4, 0.5) is 0 Å². The van der Waals surface area contributed by atoms with Gasteiger partial charge >= 0.3 is 0 Å². The maximum Gasteiger partial charge on any atom is 0.0676 e. The molecule has 1 N–H and O–H groups in total. The van der Waals surface area contributed by atoms with E-state index < -0.39 is 0 Å². The summed E-state index contributed by atoms with van der Waals surface area (Å²) in [7, 11) is 0. The number of aromatic nitrogens is 3. The molecule has 0 unspecified atom stereocenters. The Bertz CT molecular complexity index is 422. The van der Waals surface area contributed by atoms with E-state index in [1.54, 1.807) is 12.4 Å². The molecule has 0 saturated heterocycles. The summed E-state index contributed by atoms with van der Waals surface area (Å²) in [6.45, 7) is 4.08. The molecule has 2 heterocycles. The van der Waals surface area contributed by atoms with E-state index in [1.807, 2.05) is 29.2 Å². The third-order valence-corrected chi connectivity index (χ3v) is 2.32. The molecule has 0 aliphatic heterocycles. The van der Waals surface area contributed by atoms with Gasteiger partial charge in [0.1, 0.15) is 0 Å². The van der Waals surface area contributed by atoms with Gasteiger partial charge in [0.2, 0.25) is 0 Å². The van der Waals surface area contributed by atoms with Crippen LogP contribution in [0.2, 0.25) is 0 Å². The highest BCUT2D eigenvalue weighted by molar-refractivity contribution is 5.28. The Kier molecular flexibility index (Phi) is 3.66. The van der Waals surface area contributed by atoms with Gasteiger partial charge in [-0.2, -0.15) is 5.10 Å². The average molecular weight is 216 g/mol. The first-order valence-electron chi connectivity index (χ1n) is 5.55. The molecule has 0 aromatic carbocycles. The van der Waals surface area contributed by atoms with Crippen LogP contribution >= 0.6 is 0 Å². The van der Waals surface area contributed by atoms with E-state index in [0.717, 1.165) is 25.2 Å². The van der Waals surface area contributed by atoms with Gasteiger partial charge < -0.3 is 5.32 Å². The fourth-order valence-corrected chi connectivity index (χ4v) is 1.50. The van der Waals surface area contributed by atoms with Crippen molar-refractivity contribution in [2.75, 3.05) is 6.54 Å². The van der Waals surface area contributed by atoms with E-state index >= 15 is 0 Å². The lowest BCUT2D eigenvalue weighted by molar-refractivity contribution is 0.675. The Morgan fingerprint density at radius 1 is 1.31 bits per heavy atom. The van der Waals surface area contributed by atoms with Crippen molar-refractivity contribution in [2.45, 2.75) is 19.9 Å². The first-order chi connectivity index (χ1) is 7.90. The van der Waals surface area contributed by atoms with Crippen molar-refractivity contribution < 1.29 is 0 Å². The number of hydrogen-bond acceptors (Lipinski definition) is 3. The average Bonchev–Trinajstić information content (AvgIpc) is 2.79. The first-order valence-corrected chi connectivity index (χ1v) is 5.55. The minimum atomic E-state index is 0.874. The van der Waals surface area contributed by atoms with Crippen LogP contribution in [0.5, 0.6) is 0 Å². The molecular formula is C12H16N4. The zero-order valence-corrected chi connectivity index (χ0v) is 9.43. The van der Waals surface area contributed by atoms with Gasteiger partial charge in [0, 0.05) is 30.7 Å². The van der Waals surface area contributed by atoms with Crippen molar-refractivity contribution in [3.05, 3.63) is 42.5 Å². The van der Waals surface area contributed by atoms with Crippen molar-refractivity contribution in [2.24, 2.45) is 0 Å². The van der Waals surface area contributed by atoms with E-state index in [-0.39, 0.29) is 0 Å². The van der Waals surface area contributed by atoms with E-state index in [0.29, 0.717) is 0 Å². The third-order valence-electron chi connectivity index (χ3n) is 2.32. The highest BCUT2D eigenvalue weighted by Crippen LogP contribution is 2.06. The zero-order valence-electron chi connectivity index (χ0n) is 9.43. The fourth-order valence-electron chi connectivity index (χ4n) is 1.50. The summed E-state index contributed by atoms with van der Waals surface area (Å²) in [5, 5.41) is 7.66. The Hall–Kier alpha value is -1.68. The normalized spacial score (nSPS) is 10.6. The summed E-state index contributed by atoms with van der Waals surface area (Å²) in [6.07, 6.45) is 8.62. The summed E-state index contributed by atoms with van der Waals surface area (Å²) >= 11 is 0. The highest BCUT2D eigenvalue weighted by Gasteiger charge is 1.99. The largest absolute Gasteiger partial charge is 0.313 e. The molecule has 16 heavy (non-hydrogen) atoms. The molecule has 4 nitrogen and oxygen atoms in total. The molecule has 2 aromatic rings. The highest BCUT2D eigenvalue weighted by atomic mass is 15.3. The third kappa shape index (κ3) is 2.67. The van der Waals surface area contributed by atoms with Gasteiger partial charge in [-0.25, -0.2) is 4.68 Å². The van der Waals surface area contributed by atoms with E-state index in [4.69, 9.17) is 0 Å². The molecule has 0 amide bonds. The summed E-state index contributed by atoms with van der Waals surface area (Å²) in [4.78, 5) is 3.98. The second-order valence-electron chi connectivity index (χ2n) is 3.68. The molecule has 4 heteroatoms. The Balaban J connectivity index is 2.02. The topological polar surface area (TPSA) is 42.7 Å². The molecule has 2 rings (SSSR count). The molecule has 84 valence electrons. The number of rotatable bonds is 5. The molecule has 0 bridgehead atoms. The van der Waals surface area contributed by atoms with Crippen LogP contribution in [-0.2, 0) is 6.54 Å². The molecule has 0 saturated carbocycles. The van der Waals surface area contributed by atoms with Crippen LogP contribution in [-0.4, -0.2) is 21.3 Å². The van der Waals surface area contributed by atoms with Gasteiger partial charge in [-0.3, -0.25) is 4.98 Å². The Morgan fingerprint density at radius 2 is 2.12 bits per heavy atom. The summed E-state index contributed by atoms with van der Waals surface area (Å²) < 4.78 is 1.87. The predicted octanol–water partition coefficient (Wildman–Crippen LogP) is 1.77. The maximum atomic E-state index is 4.31. The van der Waals surface area contributed by atoms with Crippen LogP contribution in [0, 0.1) is 0 Å². The monoisotopic (exact) mass is 216 g/mol. The van der Waals surface area contributed by atoms with E-state index in [9.17, 15) is 0 Å². The van der Waals surface area contributed by atoms with Crippen LogP contribution in [0.25, 0.3) is 5.69 Å². The van der Waals surface area contributed by atoms with Crippen molar-refractivity contribution in [3.63, 3.8) is 0 Å². The quantitative estimate of drug-likeness (QED) is 0.774.